The van der Waals surface area contributed by atoms with E-state index in [4.69, 9.17) is 0 Å². The van der Waals surface area contributed by atoms with Gasteiger partial charge in [-0.1, -0.05) is 0 Å². The maximum atomic E-state index is 3.84. The quantitative estimate of drug-likeness (QED) is 0.714. The van der Waals surface area contributed by atoms with Crippen LogP contribution in [0.3, 0.4) is 0 Å². The van der Waals surface area contributed by atoms with Gasteiger partial charge >= 0.3 is 0 Å². The molecule has 0 unspecified atom stereocenters. The third kappa shape index (κ3) is 2.13. The number of hydrogen-bond donors (Lipinski definition) is 2. The fourth-order valence-electron chi connectivity index (χ4n) is 4.96. The molecule has 1 atom stereocenters. The minimum absolute atomic E-state index is 0.628. The van der Waals surface area contributed by atoms with E-state index in [0.29, 0.717) is 17.0 Å². The third-order valence-corrected chi connectivity index (χ3v) is 6.05. The summed E-state index contributed by atoms with van der Waals surface area (Å²) in [5, 5.41) is 7.33. The van der Waals surface area contributed by atoms with Gasteiger partial charge in [-0.15, -0.1) is 0 Å². The van der Waals surface area contributed by atoms with Gasteiger partial charge in [0.2, 0.25) is 0 Å². The van der Waals surface area contributed by atoms with Crippen molar-refractivity contribution in [3.63, 3.8) is 0 Å². The maximum absolute atomic E-state index is 3.84. The molecule has 0 aliphatic carbocycles. The molecule has 0 aromatic carbocycles. The second-order valence-electron chi connectivity index (χ2n) is 7.76. The van der Waals surface area contributed by atoms with Crippen LogP contribution in [0.15, 0.2) is 0 Å². The van der Waals surface area contributed by atoms with Crippen LogP contribution in [-0.4, -0.2) is 68.8 Å². The van der Waals surface area contributed by atoms with Gasteiger partial charge in [0.1, 0.15) is 0 Å². The van der Waals surface area contributed by atoms with E-state index in [1.807, 2.05) is 0 Å². The fraction of sp³-hybridized carbons (Fsp3) is 1.00. The standard InChI is InChI=1S/C15H28N4/c1-18-9-15(10-18)3-2-13(17-8-15)19-11-14(12-19)4-6-16-7-5-14/h13,16-17H,2-12H2,1H3/t13-/m1/s1. The number of likely N-dealkylation sites (tertiary alicyclic amines) is 2. The Morgan fingerprint density at radius 3 is 2.26 bits per heavy atom. The predicted molar refractivity (Wildman–Crippen MR) is 77.1 cm³/mol. The molecule has 0 radical (unpaired) electrons. The Balaban J connectivity index is 1.27. The monoisotopic (exact) mass is 264 g/mol. The zero-order valence-electron chi connectivity index (χ0n) is 12.2. The first kappa shape index (κ1) is 12.6. The molecule has 4 heteroatoms. The van der Waals surface area contributed by atoms with Crippen molar-refractivity contribution < 1.29 is 0 Å². The molecule has 0 aromatic rings. The lowest BCUT2D eigenvalue weighted by molar-refractivity contribution is -0.0911. The topological polar surface area (TPSA) is 30.5 Å². The van der Waals surface area contributed by atoms with Crippen LogP contribution in [0, 0.1) is 10.8 Å². The van der Waals surface area contributed by atoms with Gasteiger partial charge in [0, 0.05) is 38.1 Å². The van der Waals surface area contributed by atoms with Gasteiger partial charge in [-0.25, -0.2) is 0 Å². The second-order valence-corrected chi connectivity index (χ2v) is 7.76. The average molecular weight is 264 g/mol. The molecule has 4 aliphatic rings. The zero-order valence-corrected chi connectivity index (χ0v) is 12.2. The summed E-state index contributed by atoms with van der Waals surface area (Å²) in [6.45, 7) is 9.03. The van der Waals surface area contributed by atoms with E-state index in [0.717, 1.165) is 0 Å². The molecule has 19 heavy (non-hydrogen) atoms. The lowest BCUT2D eigenvalue weighted by atomic mass is 9.70. The van der Waals surface area contributed by atoms with Gasteiger partial charge in [0.15, 0.2) is 0 Å². The van der Waals surface area contributed by atoms with Crippen molar-refractivity contribution in [2.24, 2.45) is 10.8 Å². The van der Waals surface area contributed by atoms with E-state index < -0.39 is 0 Å². The first-order chi connectivity index (χ1) is 9.19. The van der Waals surface area contributed by atoms with Crippen molar-refractivity contribution in [2.45, 2.75) is 31.8 Å². The van der Waals surface area contributed by atoms with Gasteiger partial charge in [-0.05, 0) is 51.2 Å². The minimum atomic E-state index is 0.628. The molecule has 108 valence electrons. The summed E-state index contributed by atoms with van der Waals surface area (Å²) in [6.07, 6.45) is 6.26. The van der Waals surface area contributed by atoms with Crippen molar-refractivity contribution >= 4 is 0 Å². The summed E-state index contributed by atoms with van der Waals surface area (Å²) < 4.78 is 0. The largest absolute Gasteiger partial charge is 0.317 e. The van der Waals surface area contributed by atoms with E-state index in [9.17, 15) is 0 Å². The van der Waals surface area contributed by atoms with E-state index in [1.165, 1.54) is 71.5 Å². The zero-order chi connectivity index (χ0) is 12.9. The van der Waals surface area contributed by atoms with E-state index in [2.05, 4.69) is 27.5 Å². The highest BCUT2D eigenvalue weighted by molar-refractivity contribution is 5.03. The highest BCUT2D eigenvalue weighted by Crippen LogP contribution is 2.42. The third-order valence-electron chi connectivity index (χ3n) is 6.05. The van der Waals surface area contributed by atoms with Crippen molar-refractivity contribution in [3.05, 3.63) is 0 Å². The van der Waals surface area contributed by atoms with Crippen molar-refractivity contribution in [1.29, 1.82) is 0 Å². The Bertz CT molecular complexity index is 326. The molecule has 4 fully saturated rings. The molecular formula is C15H28N4. The van der Waals surface area contributed by atoms with Crippen molar-refractivity contribution in [2.75, 3.05) is 52.9 Å². The Morgan fingerprint density at radius 1 is 0.947 bits per heavy atom. The molecule has 4 rings (SSSR count). The first-order valence-corrected chi connectivity index (χ1v) is 8.06. The molecule has 0 bridgehead atoms. The average Bonchev–Trinajstić information content (AvgIpc) is 2.36. The number of nitrogens with zero attached hydrogens (tertiary/aromatic N) is 2. The Hall–Kier alpha value is -0.160. The SMILES string of the molecule is CN1CC2(CC[C@@H](N3CC4(CCNCC4)C3)NC2)C1. The number of piperidine rings is 2. The second kappa shape index (κ2) is 4.42. The van der Waals surface area contributed by atoms with Crippen LogP contribution in [0.2, 0.25) is 0 Å². The summed E-state index contributed by atoms with van der Waals surface area (Å²) in [4.78, 5) is 5.16. The van der Waals surface area contributed by atoms with E-state index in [1.54, 1.807) is 0 Å². The minimum Gasteiger partial charge on any atom is -0.317 e. The van der Waals surface area contributed by atoms with Crippen molar-refractivity contribution in [1.82, 2.24) is 20.4 Å². The summed E-state index contributed by atoms with van der Waals surface area (Å²) in [6, 6.07) is 0. The Labute approximate surface area is 116 Å². The summed E-state index contributed by atoms with van der Waals surface area (Å²) in [7, 11) is 2.24. The normalized spacial score (nSPS) is 38.1. The van der Waals surface area contributed by atoms with Crippen LogP contribution in [0.25, 0.3) is 0 Å². The van der Waals surface area contributed by atoms with Crippen molar-refractivity contribution in [3.8, 4) is 0 Å². The Morgan fingerprint density at radius 2 is 1.68 bits per heavy atom. The molecule has 0 amide bonds. The number of rotatable bonds is 1. The number of hydrogen-bond acceptors (Lipinski definition) is 4. The first-order valence-electron chi connectivity index (χ1n) is 8.06. The molecule has 2 spiro atoms. The fourth-order valence-corrected chi connectivity index (χ4v) is 4.96. The predicted octanol–water partition coefficient (Wildman–Crippen LogP) is 0.313. The molecule has 2 N–H and O–H groups in total. The molecule has 0 aromatic heterocycles. The van der Waals surface area contributed by atoms with Crippen LogP contribution < -0.4 is 10.6 Å². The summed E-state index contributed by atoms with van der Waals surface area (Å²) in [5.41, 5.74) is 1.31. The lowest BCUT2D eigenvalue weighted by Crippen LogP contribution is -2.69. The van der Waals surface area contributed by atoms with E-state index >= 15 is 0 Å². The van der Waals surface area contributed by atoms with Crippen LogP contribution in [0.4, 0.5) is 0 Å². The molecular weight excluding hydrogens is 236 g/mol. The van der Waals surface area contributed by atoms with E-state index in [-0.39, 0.29) is 0 Å². The van der Waals surface area contributed by atoms with Gasteiger partial charge in [-0.3, -0.25) is 4.90 Å². The molecule has 4 aliphatic heterocycles. The van der Waals surface area contributed by atoms with Crippen LogP contribution in [0.1, 0.15) is 25.7 Å². The van der Waals surface area contributed by atoms with Gasteiger partial charge < -0.3 is 15.5 Å². The molecule has 4 nitrogen and oxygen atoms in total. The summed E-state index contributed by atoms with van der Waals surface area (Å²) in [5.74, 6) is 0. The van der Waals surface area contributed by atoms with Gasteiger partial charge in [0.05, 0.1) is 6.17 Å². The smallest absolute Gasteiger partial charge is 0.0597 e. The molecule has 0 saturated carbocycles. The lowest BCUT2D eigenvalue weighted by Gasteiger charge is -2.59. The van der Waals surface area contributed by atoms with Crippen LogP contribution in [-0.2, 0) is 0 Å². The van der Waals surface area contributed by atoms with Gasteiger partial charge in [-0.2, -0.15) is 0 Å². The maximum Gasteiger partial charge on any atom is 0.0597 e. The van der Waals surface area contributed by atoms with Gasteiger partial charge in [0.25, 0.3) is 0 Å². The molecule has 4 heterocycles. The highest BCUT2D eigenvalue weighted by atomic mass is 15.3. The molecule has 4 saturated heterocycles. The van der Waals surface area contributed by atoms with Crippen LogP contribution in [0.5, 0.6) is 0 Å². The Kier molecular flexibility index (Phi) is 2.92. The highest BCUT2D eigenvalue weighted by Gasteiger charge is 2.49. The van der Waals surface area contributed by atoms with Crippen LogP contribution >= 0.6 is 0 Å². The summed E-state index contributed by atoms with van der Waals surface area (Å²) >= 11 is 0. The number of nitrogens with one attached hydrogen (secondary N) is 2.